The van der Waals surface area contributed by atoms with Gasteiger partial charge in [0.2, 0.25) is 5.91 Å². The van der Waals surface area contributed by atoms with E-state index in [2.05, 4.69) is 4.90 Å². The number of amides is 1. The maximum atomic E-state index is 12.3. The molecule has 116 valence electrons. The predicted molar refractivity (Wildman–Crippen MR) is 75.4 cm³/mol. The third kappa shape index (κ3) is 5.88. The number of carboxylic acid groups (broad SMARTS) is 1. The molecule has 0 aromatic carbocycles. The summed E-state index contributed by atoms with van der Waals surface area (Å²) in [5.41, 5.74) is -0.514. The Kier molecular flexibility index (Phi) is 6.42. The molecule has 1 aliphatic rings. The third-order valence-corrected chi connectivity index (χ3v) is 3.62. The van der Waals surface area contributed by atoms with Crippen LogP contribution in [0.25, 0.3) is 0 Å². The van der Waals surface area contributed by atoms with Crippen molar-refractivity contribution in [1.29, 1.82) is 0 Å². The van der Waals surface area contributed by atoms with Crippen LogP contribution in [0.1, 0.15) is 33.1 Å². The Labute approximate surface area is 120 Å². The van der Waals surface area contributed by atoms with Gasteiger partial charge in [-0.25, -0.2) is 0 Å². The van der Waals surface area contributed by atoms with Crippen molar-refractivity contribution in [3.63, 3.8) is 0 Å². The first-order chi connectivity index (χ1) is 9.34. The van der Waals surface area contributed by atoms with E-state index >= 15 is 0 Å². The third-order valence-electron chi connectivity index (χ3n) is 3.62. The van der Waals surface area contributed by atoms with Crippen molar-refractivity contribution in [2.24, 2.45) is 5.41 Å². The van der Waals surface area contributed by atoms with E-state index in [1.807, 2.05) is 18.7 Å². The summed E-state index contributed by atoms with van der Waals surface area (Å²) >= 11 is 0. The lowest BCUT2D eigenvalue weighted by atomic mass is 9.85. The van der Waals surface area contributed by atoms with Crippen LogP contribution in [-0.2, 0) is 9.59 Å². The standard InChI is InChI=1S/C14H26N2O4/c1-14(2,11-13(19)20)10-12(18)16-5-3-4-15(6-7-16)8-9-17/h17H,3-11H2,1-2H3,(H,19,20). The molecular weight excluding hydrogens is 260 g/mol. The summed E-state index contributed by atoms with van der Waals surface area (Å²) in [5, 5.41) is 17.8. The van der Waals surface area contributed by atoms with Crippen molar-refractivity contribution in [1.82, 2.24) is 9.80 Å². The molecule has 6 heteroatoms. The average Bonchev–Trinajstić information content (AvgIpc) is 2.52. The quantitative estimate of drug-likeness (QED) is 0.739. The smallest absolute Gasteiger partial charge is 0.303 e. The zero-order chi connectivity index (χ0) is 15.2. The number of aliphatic carboxylic acids is 1. The summed E-state index contributed by atoms with van der Waals surface area (Å²) in [6, 6.07) is 0. The van der Waals surface area contributed by atoms with Gasteiger partial charge in [0.25, 0.3) is 0 Å². The van der Waals surface area contributed by atoms with Crippen LogP contribution < -0.4 is 0 Å². The van der Waals surface area contributed by atoms with Gasteiger partial charge >= 0.3 is 5.97 Å². The lowest BCUT2D eigenvalue weighted by molar-refractivity contribution is -0.140. The van der Waals surface area contributed by atoms with E-state index in [1.165, 1.54) is 0 Å². The van der Waals surface area contributed by atoms with Gasteiger partial charge in [-0.2, -0.15) is 0 Å². The maximum absolute atomic E-state index is 12.3. The minimum Gasteiger partial charge on any atom is -0.481 e. The first-order valence-corrected chi connectivity index (χ1v) is 7.17. The molecule has 0 aromatic rings. The first kappa shape index (κ1) is 16.9. The van der Waals surface area contributed by atoms with E-state index < -0.39 is 11.4 Å². The second-order valence-electron chi connectivity index (χ2n) is 6.21. The SMILES string of the molecule is CC(C)(CC(=O)O)CC(=O)N1CCCN(CCO)CC1. The van der Waals surface area contributed by atoms with Crippen molar-refractivity contribution in [2.75, 3.05) is 39.3 Å². The molecule has 1 saturated heterocycles. The molecule has 1 heterocycles. The van der Waals surface area contributed by atoms with Crippen molar-refractivity contribution in [3.05, 3.63) is 0 Å². The first-order valence-electron chi connectivity index (χ1n) is 7.17. The van der Waals surface area contributed by atoms with Crippen molar-refractivity contribution < 1.29 is 19.8 Å². The number of carbonyl (C=O) groups excluding carboxylic acids is 1. The van der Waals surface area contributed by atoms with Gasteiger partial charge in [-0.1, -0.05) is 13.8 Å². The number of hydrogen-bond donors (Lipinski definition) is 2. The van der Waals surface area contributed by atoms with Gasteiger partial charge in [0, 0.05) is 32.6 Å². The van der Waals surface area contributed by atoms with Gasteiger partial charge < -0.3 is 15.1 Å². The zero-order valence-electron chi connectivity index (χ0n) is 12.5. The zero-order valence-corrected chi connectivity index (χ0v) is 12.5. The Hall–Kier alpha value is -1.14. The Morgan fingerprint density at radius 2 is 1.80 bits per heavy atom. The van der Waals surface area contributed by atoms with Crippen molar-refractivity contribution in [2.45, 2.75) is 33.1 Å². The predicted octanol–water partition coefficient (Wildman–Crippen LogP) is 0.404. The number of β-amino-alcohol motifs (C(OH)–C–C–N with tert-alkyl or cyclic N) is 1. The number of carboxylic acids is 1. The van der Waals surface area contributed by atoms with Crippen LogP contribution >= 0.6 is 0 Å². The summed E-state index contributed by atoms with van der Waals surface area (Å²) in [6.45, 7) is 7.44. The molecule has 0 bridgehead atoms. The largest absolute Gasteiger partial charge is 0.481 e. The molecular formula is C14H26N2O4. The van der Waals surface area contributed by atoms with Gasteiger partial charge in [-0.15, -0.1) is 0 Å². The van der Waals surface area contributed by atoms with Crippen LogP contribution in [0.4, 0.5) is 0 Å². The van der Waals surface area contributed by atoms with Gasteiger partial charge in [0.05, 0.1) is 13.0 Å². The number of nitrogens with zero attached hydrogens (tertiary/aromatic N) is 2. The summed E-state index contributed by atoms with van der Waals surface area (Å²) in [7, 11) is 0. The van der Waals surface area contributed by atoms with Crippen molar-refractivity contribution >= 4 is 11.9 Å². The van der Waals surface area contributed by atoms with Gasteiger partial charge in [-0.05, 0) is 18.4 Å². The second-order valence-corrected chi connectivity index (χ2v) is 6.21. The Balaban J connectivity index is 2.49. The highest BCUT2D eigenvalue weighted by Gasteiger charge is 2.28. The fourth-order valence-corrected chi connectivity index (χ4v) is 2.58. The highest BCUT2D eigenvalue weighted by atomic mass is 16.4. The number of aliphatic hydroxyl groups is 1. The van der Waals surface area contributed by atoms with Crippen LogP contribution in [0.15, 0.2) is 0 Å². The molecule has 0 atom stereocenters. The van der Waals surface area contributed by atoms with Gasteiger partial charge in [0.1, 0.15) is 0 Å². The summed E-state index contributed by atoms with van der Waals surface area (Å²) in [4.78, 5) is 27.0. The molecule has 2 N–H and O–H groups in total. The Morgan fingerprint density at radius 3 is 2.40 bits per heavy atom. The fraction of sp³-hybridized carbons (Fsp3) is 0.857. The molecule has 1 fully saturated rings. The molecule has 20 heavy (non-hydrogen) atoms. The van der Waals surface area contributed by atoms with Crippen LogP contribution in [-0.4, -0.2) is 71.2 Å². The second kappa shape index (κ2) is 7.59. The molecule has 1 rings (SSSR count). The van der Waals surface area contributed by atoms with E-state index in [-0.39, 0.29) is 25.4 Å². The summed E-state index contributed by atoms with van der Waals surface area (Å²) < 4.78 is 0. The lowest BCUT2D eigenvalue weighted by Crippen LogP contribution is -2.38. The molecule has 1 amide bonds. The molecule has 0 unspecified atom stereocenters. The molecule has 0 aliphatic carbocycles. The van der Waals surface area contributed by atoms with E-state index in [1.54, 1.807) is 0 Å². The Bertz CT molecular complexity index is 344. The van der Waals surface area contributed by atoms with Crippen LogP contribution in [0.2, 0.25) is 0 Å². The van der Waals surface area contributed by atoms with Crippen LogP contribution in [0.3, 0.4) is 0 Å². The van der Waals surface area contributed by atoms with Crippen molar-refractivity contribution in [3.8, 4) is 0 Å². The molecule has 0 spiro atoms. The van der Waals surface area contributed by atoms with E-state index in [4.69, 9.17) is 10.2 Å². The number of aliphatic hydroxyl groups excluding tert-OH is 1. The topological polar surface area (TPSA) is 81.1 Å². The van der Waals surface area contributed by atoms with Gasteiger partial charge in [0.15, 0.2) is 0 Å². The van der Waals surface area contributed by atoms with E-state index in [0.717, 1.165) is 19.5 Å². The van der Waals surface area contributed by atoms with Crippen LogP contribution in [0, 0.1) is 5.41 Å². The molecule has 0 saturated carbocycles. The van der Waals surface area contributed by atoms with E-state index in [0.29, 0.717) is 19.6 Å². The summed E-state index contributed by atoms with van der Waals surface area (Å²) in [5.74, 6) is -0.838. The molecule has 0 radical (unpaired) electrons. The van der Waals surface area contributed by atoms with E-state index in [9.17, 15) is 9.59 Å². The maximum Gasteiger partial charge on any atom is 0.303 e. The molecule has 0 aromatic heterocycles. The number of rotatable bonds is 6. The average molecular weight is 286 g/mol. The number of carbonyl (C=O) groups is 2. The minimum absolute atomic E-state index is 0.00319. The summed E-state index contributed by atoms with van der Waals surface area (Å²) in [6.07, 6.45) is 1.16. The fourth-order valence-electron chi connectivity index (χ4n) is 2.58. The minimum atomic E-state index is -0.868. The molecule has 1 aliphatic heterocycles. The monoisotopic (exact) mass is 286 g/mol. The Morgan fingerprint density at radius 1 is 1.10 bits per heavy atom. The highest BCUT2D eigenvalue weighted by molar-refractivity contribution is 5.78. The van der Waals surface area contributed by atoms with Gasteiger partial charge in [-0.3, -0.25) is 14.5 Å². The normalized spacial score (nSPS) is 17.9. The van der Waals surface area contributed by atoms with Crippen LogP contribution in [0.5, 0.6) is 0 Å². The number of hydrogen-bond acceptors (Lipinski definition) is 4. The molecule has 6 nitrogen and oxygen atoms in total. The highest BCUT2D eigenvalue weighted by Crippen LogP contribution is 2.26. The lowest BCUT2D eigenvalue weighted by Gasteiger charge is -2.27.